The number of esters is 3. The van der Waals surface area contributed by atoms with Crippen LogP contribution in [0.4, 0.5) is 5.69 Å². The Labute approximate surface area is 178 Å². The summed E-state index contributed by atoms with van der Waals surface area (Å²) in [7, 11) is 2.38. The van der Waals surface area contributed by atoms with Crippen molar-refractivity contribution >= 4 is 29.5 Å². The Morgan fingerprint density at radius 1 is 0.903 bits per heavy atom. The number of amides is 1. The molecule has 0 saturated heterocycles. The van der Waals surface area contributed by atoms with Gasteiger partial charge in [0, 0.05) is 12.2 Å². The molecule has 0 bridgehead atoms. The highest BCUT2D eigenvalue weighted by Gasteiger charge is 2.20. The van der Waals surface area contributed by atoms with E-state index in [0.717, 1.165) is 12.2 Å². The lowest BCUT2D eigenvalue weighted by Gasteiger charge is -2.13. The molecular formula is C22H21NO8. The van der Waals surface area contributed by atoms with Crippen molar-refractivity contribution in [2.24, 2.45) is 0 Å². The molecule has 0 aromatic heterocycles. The molecule has 0 spiro atoms. The summed E-state index contributed by atoms with van der Waals surface area (Å²) in [4.78, 5) is 47.4. The van der Waals surface area contributed by atoms with E-state index in [-0.39, 0.29) is 29.2 Å². The number of carbonyl (C=O) groups is 4. The zero-order chi connectivity index (χ0) is 22.8. The average molecular weight is 427 g/mol. The highest BCUT2D eigenvalue weighted by molar-refractivity contribution is 6.04. The maximum atomic E-state index is 12.1. The first-order chi connectivity index (χ1) is 14.9. The topological polar surface area (TPSA) is 117 Å². The summed E-state index contributed by atoms with van der Waals surface area (Å²) in [5.74, 6) is -2.16. The van der Waals surface area contributed by atoms with Gasteiger partial charge < -0.3 is 24.3 Å². The van der Waals surface area contributed by atoms with Gasteiger partial charge in [0.2, 0.25) is 5.91 Å². The number of rotatable bonds is 8. The second kappa shape index (κ2) is 11.1. The molecule has 2 rings (SSSR count). The van der Waals surface area contributed by atoms with Crippen molar-refractivity contribution in [3.05, 3.63) is 65.7 Å². The van der Waals surface area contributed by atoms with Gasteiger partial charge in [0.25, 0.3) is 0 Å². The largest absolute Gasteiger partial charge is 0.465 e. The van der Waals surface area contributed by atoms with E-state index < -0.39 is 23.8 Å². The molecule has 9 heteroatoms. The van der Waals surface area contributed by atoms with Crippen molar-refractivity contribution in [1.82, 2.24) is 0 Å². The molecule has 0 unspecified atom stereocenters. The summed E-state index contributed by atoms with van der Waals surface area (Å²) in [5, 5.41) is 2.59. The predicted molar refractivity (Wildman–Crippen MR) is 110 cm³/mol. The first kappa shape index (κ1) is 23.1. The van der Waals surface area contributed by atoms with Gasteiger partial charge in [-0.2, -0.15) is 0 Å². The van der Waals surface area contributed by atoms with Crippen LogP contribution in [0.1, 0.15) is 27.6 Å². The van der Waals surface area contributed by atoms with Crippen LogP contribution in [0.5, 0.6) is 11.5 Å². The van der Waals surface area contributed by atoms with Crippen LogP contribution in [0.3, 0.4) is 0 Å². The van der Waals surface area contributed by atoms with E-state index in [1.165, 1.54) is 32.4 Å². The summed E-state index contributed by atoms with van der Waals surface area (Å²) in [6.45, 7) is 1.85. The molecule has 31 heavy (non-hydrogen) atoms. The normalized spacial score (nSPS) is 10.3. The lowest BCUT2D eigenvalue weighted by Crippen LogP contribution is -2.12. The molecule has 1 N–H and O–H groups in total. The first-order valence-electron chi connectivity index (χ1n) is 9.13. The van der Waals surface area contributed by atoms with Gasteiger partial charge in [-0.1, -0.05) is 12.1 Å². The van der Waals surface area contributed by atoms with Crippen LogP contribution in [-0.4, -0.2) is 44.6 Å². The number of methoxy groups -OCH3 is 2. The van der Waals surface area contributed by atoms with Gasteiger partial charge in [0.05, 0.1) is 37.6 Å². The van der Waals surface area contributed by atoms with Gasteiger partial charge in [0.1, 0.15) is 5.75 Å². The monoisotopic (exact) mass is 427 g/mol. The van der Waals surface area contributed by atoms with E-state index in [1.807, 2.05) is 0 Å². The fourth-order valence-corrected chi connectivity index (χ4v) is 2.45. The van der Waals surface area contributed by atoms with Gasteiger partial charge in [-0.3, -0.25) is 4.79 Å². The molecule has 2 aromatic carbocycles. The Balaban J connectivity index is 2.26. The van der Waals surface area contributed by atoms with Gasteiger partial charge in [-0.15, -0.1) is 0 Å². The van der Waals surface area contributed by atoms with Crippen molar-refractivity contribution in [2.75, 3.05) is 26.1 Å². The first-order valence-corrected chi connectivity index (χ1v) is 9.13. The maximum Gasteiger partial charge on any atom is 0.338 e. The van der Waals surface area contributed by atoms with E-state index in [4.69, 9.17) is 14.2 Å². The minimum absolute atomic E-state index is 0.0207. The van der Waals surface area contributed by atoms with Crippen LogP contribution >= 0.6 is 0 Å². The molecule has 2 aromatic rings. The fourth-order valence-electron chi connectivity index (χ4n) is 2.45. The maximum absolute atomic E-state index is 12.1. The summed E-state index contributed by atoms with van der Waals surface area (Å²) in [6, 6.07) is 10.7. The number of hydrogen-bond donors (Lipinski definition) is 1. The summed E-state index contributed by atoms with van der Waals surface area (Å²) in [6.07, 6.45) is 2.05. The zero-order valence-corrected chi connectivity index (χ0v) is 17.2. The number of nitrogens with one attached hydrogen (secondary N) is 1. The lowest BCUT2D eigenvalue weighted by atomic mass is 10.1. The third-order valence-corrected chi connectivity index (χ3v) is 3.83. The predicted octanol–water partition coefficient (Wildman–Crippen LogP) is 3.11. The Hall–Kier alpha value is -4.14. The van der Waals surface area contributed by atoms with E-state index in [2.05, 4.69) is 10.1 Å². The molecule has 0 aliphatic heterocycles. The van der Waals surface area contributed by atoms with Gasteiger partial charge in [0.15, 0.2) is 5.75 Å². The third kappa shape index (κ3) is 6.43. The molecule has 0 fully saturated rings. The number of benzene rings is 2. The van der Waals surface area contributed by atoms with Crippen LogP contribution < -0.4 is 10.1 Å². The molecule has 0 atom stereocenters. The fraction of sp³-hybridized carbons (Fsp3) is 0.182. The molecule has 0 radical (unpaired) electrons. The zero-order valence-electron chi connectivity index (χ0n) is 17.2. The Kier molecular flexibility index (Phi) is 8.32. The molecule has 1 amide bonds. The van der Waals surface area contributed by atoms with Crippen molar-refractivity contribution in [1.29, 1.82) is 0 Å². The molecular weight excluding hydrogens is 406 g/mol. The van der Waals surface area contributed by atoms with Gasteiger partial charge in [-0.05, 0) is 37.3 Å². The van der Waals surface area contributed by atoms with Crippen molar-refractivity contribution in [3.63, 3.8) is 0 Å². The Morgan fingerprint density at radius 2 is 1.58 bits per heavy atom. The van der Waals surface area contributed by atoms with E-state index in [0.29, 0.717) is 5.69 Å². The van der Waals surface area contributed by atoms with E-state index in [9.17, 15) is 19.2 Å². The molecule has 0 aliphatic rings. The van der Waals surface area contributed by atoms with Crippen molar-refractivity contribution in [2.45, 2.75) is 6.92 Å². The third-order valence-electron chi connectivity index (χ3n) is 3.83. The number of para-hydroxylation sites is 2. The molecule has 0 heterocycles. The number of ether oxygens (including phenoxy) is 4. The minimum atomic E-state index is -0.739. The molecule has 0 aliphatic carbocycles. The Bertz CT molecular complexity index is 1010. The highest BCUT2D eigenvalue weighted by Crippen LogP contribution is 2.31. The van der Waals surface area contributed by atoms with Crippen LogP contribution in [-0.2, 0) is 23.8 Å². The molecule has 162 valence electrons. The van der Waals surface area contributed by atoms with Crippen molar-refractivity contribution in [3.8, 4) is 11.5 Å². The van der Waals surface area contributed by atoms with Crippen molar-refractivity contribution < 1.29 is 38.1 Å². The number of anilines is 1. The quantitative estimate of drug-likeness (QED) is 0.388. The number of carbonyl (C=O) groups excluding carboxylic acids is 4. The van der Waals surface area contributed by atoms with E-state index in [1.54, 1.807) is 31.2 Å². The molecule has 9 nitrogen and oxygen atoms in total. The standard InChI is InChI=1S/C22H21NO8/c1-4-30-20(25)12-11-19(24)23-17-7-5-6-8-18(17)31-14-9-10-15(21(26)28-2)16(13-14)22(27)29-3/h5-13H,4H2,1-3H3,(H,23,24). The number of hydrogen-bond acceptors (Lipinski definition) is 8. The minimum Gasteiger partial charge on any atom is -0.465 e. The smallest absolute Gasteiger partial charge is 0.338 e. The van der Waals surface area contributed by atoms with Crippen LogP contribution in [0.15, 0.2) is 54.6 Å². The van der Waals surface area contributed by atoms with E-state index >= 15 is 0 Å². The second-order valence-electron chi connectivity index (χ2n) is 5.86. The average Bonchev–Trinajstić information content (AvgIpc) is 2.78. The lowest BCUT2D eigenvalue weighted by molar-refractivity contribution is -0.137. The van der Waals surface area contributed by atoms with Crippen LogP contribution in [0.2, 0.25) is 0 Å². The summed E-state index contributed by atoms with van der Waals surface area (Å²) >= 11 is 0. The van der Waals surface area contributed by atoms with Crippen LogP contribution in [0, 0.1) is 0 Å². The highest BCUT2D eigenvalue weighted by atomic mass is 16.5. The summed E-state index contributed by atoms with van der Waals surface area (Å²) < 4.78 is 19.9. The summed E-state index contributed by atoms with van der Waals surface area (Å²) in [5.41, 5.74) is 0.302. The van der Waals surface area contributed by atoms with Gasteiger partial charge in [-0.25, -0.2) is 14.4 Å². The van der Waals surface area contributed by atoms with Crippen LogP contribution in [0.25, 0.3) is 0 Å². The second-order valence-corrected chi connectivity index (χ2v) is 5.86. The SMILES string of the molecule is CCOC(=O)C=CC(=O)Nc1ccccc1Oc1ccc(C(=O)OC)c(C(=O)OC)c1. The molecule has 0 saturated carbocycles. The van der Waals surface area contributed by atoms with Gasteiger partial charge >= 0.3 is 17.9 Å². The Morgan fingerprint density at radius 3 is 2.26 bits per heavy atom.